The van der Waals surface area contributed by atoms with Gasteiger partial charge in [-0.1, -0.05) is 12.8 Å². The van der Waals surface area contributed by atoms with Crippen molar-refractivity contribution in [1.82, 2.24) is 5.32 Å². The molecule has 7 heteroatoms. The van der Waals surface area contributed by atoms with Crippen LogP contribution in [0.5, 0.6) is 0 Å². The molecular weight excluding hydrogens is 330 g/mol. The summed E-state index contributed by atoms with van der Waals surface area (Å²) >= 11 is 1.47. The highest BCUT2D eigenvalue weighted by Gasteiger charge is 2.26. The van der Waals surface area contributed by atoms with E-state index in [1.165, 1.54) is 48.8 Å². The van der Waals surface area contributed by atoms with Crippen molar-refractivity contribution in [2.45, 2.75) is 51.0 Å². The lowest BCUT2D eigenvalue weighted by molar-refractivity contribution is -0.149. The predicted octanol–water partition coefficient (Wildman–Crippen LogP) is 2.24. The number of esters is 2. The zero-order valence-electron chi connectivity index (χ0n) is 14.1. The van der Waals surface area contributed by atoms with Crippen LogP contribution in [0.15, 0.2) is 6.07 Å². The van der Waals surface area contributed by atoms with E-state index in [-0.39, 0.29) is 12.3 Å². The van der Waals surface area contributed by atoms with Crippen molar-refractivity contribution in [3.63, 3.8) is 0 Å². The second-order valence-electron chi connectivity index (χ2n) is 5.80. The molecule has 1 aliphatic rings. The fourth-order valence-electron chi connectivity index (χ4n) is 2.77. The van der Waals surface area contributed by atoms with Crippen molar-refractivity contribution >= 4 is 29.2 Å². The van der Waals surface area contributed by atoms with Gasteiger partial charge in [0.15, 0.2) is 0 Å². The minimum absolute atomic E-state index is 0.250. The number of nitrogens with one attached hydrogen (secondary N) is 1. The molecule has 0 spiro atoms. The topological polar surface area (TPSA) is 81.7 Å². The van der Waals surface area contributed by atoms with E-state index in [2.05, 4.69) is 14.8 Å². The quantitative estimate of drug-likeness (QED) is 0.821. The second-order valence-corrected chi connectivity index (χ2v) is 6.94. The largest absolute Gasteiger partial charge is 0.469 e. The molecule has 0 bridgehead atoms. The smallest absolute Gasteiger partial charge is 0.328 e. The number of hydrogen-bond acceptors (Lipinski definition) is 6. The van der Waals surface area contributed by atoms with Crippen molar-refractivity contribution in [2.75, 3.05) is 14.2 Å². The summed E-state index contributed by atoms with van der Waals surface area (Å²) in [6.07, 6.45) is 6.46. The maximum Gasteiger partial charge on any atom is 0.328 e. The van der Waals surface area contributed by atoms with E-state index in [9.17, 15) is 14.4 Å². The number of ether oxygens (including phenoxy) is 2. The molecule has 0 saturated carbocycles. The number of thiophene rings is 1. The third-order valence-corrected chi connectivity index (χ3v) is 5.35. The van der Waals surface area contributed by atoms with E-state index in [0.717, 1.165) is 25.7 Å². The van der Waals surface area contributed by atoms with E-state index in [0.29, 0.717) is 4.88 Å². The van der Waals surface area contributed by atoms with E-state index in [1.807, 2.05) is 6.07 Å². The van der Waals surface area contributed by atoms with E-state index in [4.69, 9.17) is 0 Å². The average molecular weight is 353 g/mol. The van der Waals surface area contributed by atoms with Gasteiger partial charge in [0.1, 0.15) is 6.04 Å². The fraction of sp³-hybridized carbons (Fsp3) is 0.588. The van der Waals surface area contributed by atoms with Crippen molar-refractivity contribution < 1.29 is 23.9 Å². The van der Waals surface area contributed by atoms with Gasteiger partial charge in [0.05, 0.1) is 25.5 Å². The first-order valence-electron chi connectivity index (χ1n) is 8.12. The molecule has 0 aromatic carbocycles. The Morgan fingerprint density at radius 2 is 1.83 bits per heavy atom. The number of hydrogen-bond donors (Lipinski definition) is 1. The van der Waals surface area contributed by atoms with Crippen molar-refractivity contribution in [2.24, 2.45) is 0 Å². The molecule has 1 heterocycles. The normalized spacial score (nSPS) is 15.4. The van der Waals surface area contributed by atoms with Crippen LogP contribution in [-0.4, -0.2) is 38.1 Å². The van der Waals surface area contributed by atoms with Gasteiger partial charge < -0.3 is 14.8 Å². The summed E-state index contributed by atoms with van der Waals surface area (Å²) < 4.78 is 9.21. The molecule has 0 saturated heterocycles. The highest BCUT2D eigenvalue weighted by molar-refractivity contribution is 7.14. The van der Waals surface area contributed by atoms with Gasteiger partial charge in [0.25, 0.3) is 5.91 Å². The Hall–Kier alpha value is -1.89. The number of carbonyl (C=O) groups excluding carboxylic acids is 3. The van der Waals surface area contributed by atoms with Crippen molar-refractivity contribution in [3.8, 4) is 0 Å². The lowest BCUT2D eigenvalue weighted by Gasteiger charge is -2.14. The zero-order valence-corrected chi connectivity index (χ0v) is 14.9. The Morgan fingerprint density at radius 3 is 2.50 bits per heavy atom. The Morgan fingerprint density at radius 1 is 1.12 bits per heavy atom. The van der Waals surface area contributed by atoms with Crippen LogP contribution in [0, 0.1) is 0 Å². The number of aryl methyl sites for hydroxylation is 2. The van der Waals surface area contributed by atoms with Crippen LogP contribution < -0.4 is 5.32 Å². The second kappa shape index (κ2) is 8.82. The van der Waals surface area contributed by atoms with Crippen LogP contribution in [0.4, 0.5) is 0 Å². The van der Waals surface area contributed by atoms with Gasteiger partial charge in [-0.15, -0.1) is 11.3 Å². The third kappa shape index (κ3) is 4.80. The summed E-state index contributed by atoms with van der Waals surface area (Å²) in [4.78, 5) is 37.5. The number of carbonyl (C=O) groups is 3. The first-order chi connectivity index (χ1) is 11.5. The zero-order chi connectivity index (χ0) is 17.5. The van der Waals surface area contributed by atoms with Crippen LogP contribution in [0.25, 0.3) is 0 Å². The van der Waals surface area contributed by atoms with Gasteiger partial charge in [-0.25, -0.2) is 4.79 Å². The minimum atomic E-state index is -1.04. The van der Waals surface area contributed by atoms with Crippen LogP contribution in [-0.2, 0) is 31.9 Å². The third-order valence-electron chi connectivity index (χ3n) is 4.11. The van der Waals surface area contributed by atoms with Crippen molar-refractivity contribution in [1.29, 1.82) is 0 Å². The van der Waals surface area contributed by atoms with Crippen LogP contribution in [0.2, 0.25) is 0 Å². The molecule has 2 rings (SSSR count). The molecule has 132 valence electrons. The summed E-state index contributed by atoms with van der Waals surface area (Å²) in [5.41, 5.74) is 1.23. The SMILES string of the molecule is COC(=O)C[C@H](NC(=O)c1cc2c(s1)CCCCCC2)C(=O)OC. The molecular formula is C17H23NO5S. The summed E-state index contributed by atoms with van der Waals surface area (Å²) in [7, 11) is 2.45. The Balaban J connectivity index is 2.10. The average Bonchev–Trinajstić information content (AvgIpc) is 2.95. The van der Waals surface area contributed by atoms with E-state index >= 15 is 0 Å². The summed E-state index contributed by atoms with van der Waals surface area (Å²) in [5, 5.41) is 2.59. The standard InChI is InChI=1S/C17H23NO5S/c1-22-15(19)10-12(17(21)23-2)18-16(20)14-9-11-7-5-3-4-6-8-13(11)24-14/h9,12H,3-8,10H2,1-2H3,(H,18,20)/t12-/m0/s1. The molecule has 1 aromatic heterocycles. The predicted molar refractivity (Wildman–Crippen MR) is 90.1 cm³/mol. The molecule has 6 nitrogen and oxygen atoms in total. The number of methoxy groups -OCH3 is 2. The Bertz CT molecular complexity index is 585. The molecule has 1 aliphatic carbocycles. The molecule has 1 amide bonds. The van der Waals surface area contributed by atoms with Gasteiger partial charge in [0.2, 0.25) is 0 Å². The Kier molecular flexibility index (Phi) is 6.78. The van der Waals surface area contributed by atoms with Gasteiger partial charge in [-0.3, -0.25) is 9.59 Å². The molecule has 24 heavy (non-hydrogen) atoms. The van der Waals surface area contributed by atoms with Crippen LogP contribution in [0.3, 0.4) is 0 Å². The van der Waals surface area contributed by atoms with Crippen LogP contribution in [0.1, 0.15) is 52.2 Å². The molecule has 0 aliphatic heterocycles. The van der Waals surface area contributed by atoms with Gasteiger partial charge in [-0.05, 0) is 37.3 Å². The molecule has 1 aromatic rings. The number of rotatable bonds is 5. The Labute approximate surface area is 145 Å². The molecule has 0 unspecified atom stereocenters. The highest BCUT2D eigenvalue weighted by Crippen LogP contribution is 2.28. The lowest BCUT2D eigenvalue weighted by atomic mass is 10.00. The minimum Gasteiger partial charge on any atom is -0.469 e. The summed E-state index contributed by atoms with van der Waals surface area (Å²) in [5.74, 6) is -1.60. The van der Waals surface area contributed by atoms with Crippen LogP contribution >= 0.6 is 11.3 Å². The first-order valence-corrected chi connectivity index (χ1v) is 8.94. The van der Waals surface area contributed by atoms with E-state index in [1.54, 1.807) is 0 Å². The summed E-state index contributed by atoms with van der Waals surface area (Å²) in [6.45, 7) is 0. The molecule has 1 atom stereocenters. The maximum atomic E-state index is 12.5. The van der Waals surface area contributed by atoms with Gasteiger partial charge in [-0.2, -0.15) is 0 Å². The lowest BCUT2D eigenvalue weighted by Crippen LogP contribution is -2.42. The first kappa shape index (κ1) is 18.4. The molecule has 1 N–H and O–H groups in total. The molecule has 0 fully saturated rings. The maximum absolute atomic E-state index is 12.5. The van der Waals surface area contributed by atoms with E-state index < -0.39 is 18.0 Å². The molecule has 0 radical (unpaired) electrons. The summed E-state index contributed by atoms with van der Waals surface area (Å²) in [6, 6.07) is 0.868. The van der Waals surface area contributed by atoms with Gasteiger partial charge in [0, 0.05) is 4.88 Å². The monoisotopic (exact) mass is 353 g/mol. The highest BCUT2D eigenvalue weighted by atomic mass is 32.1. The fourth-order valence-corrected chi connectivity index (χ4v) is 3.93. The number of fused-ring (bicyclic) bond motifs is 1. The number of amides is 1. The van der Waals surface area contributed by atoms with Gasteiger partial charge >= 0.3 is 11.9 Å². The van der Waals surface area contributed by atoms with Crippen molar-refractivity contribution in [3.05, 3.63) is 21.4 Å².